The largest absolute Gasteiger partial charge is 0.493 e. The van der Waals surface area contributed by atoms with Gasteiger partial charge in [0.15, 0.2) is 11.5 Å². The first-order chi connectivity index (χ1) is 16.9. The van der Waals surface area contributed by atoms with Crippen molar-refractivity contribution in [1.82, 2.24) is 0 Å². The fourth-order valence-electron chi connectivity index (χ4n) is 3.90. The fraction of sp³-hybridized carbons (Fsp3) is 0.154. The SMILES string of the molecule is COc1cc(C2C(C#N)=C(N)Oc3cc(OC(=O)c4ccccc4F)ccc32)cc(OC)c1OC. The zero-order valence-electron chi connectivity index (χ0n) is 19.1. The molecular weight excluding hydrogens is 455 g/mol. The number of hydrogen-bond donors (Lipinski definition) is 1. The molecule has 8 nitrogen and oxygen atoms in total. The summed E-state index contributed by atoms with van der Waals surface area (Å²) in [5.74, 6) is -0.682. The minimum absolute atomic E-state index is 0.101. The van der Waals surface area contributed by atoms with Gasteiger partial charge in [-0.3, -0.25) is 0 Å². The second-order valence-electron chi connectivity index (χ2n) is 7.45. The Hall–Kier alpha value is -4.71. The van der Waals surface area contributed by atoms with Crippen molar-refractivity contribution in [3.8, 4) is 34.8 Å². The molecular formula is C26H21FN2O6. The Morgan fingerprint density at radius 1 is 1.03 bits per heavy atom. The molecule has 1 heterocycles. The van der Waals surface area contributed by atoms with Crippen molar-refractivity contribution in [2.75, 3.05) is 21.3 Å². The third-order valence-corrected chi connectivity index (χ3v) is 5.52. The molecule has 3 aromatic rings. The molecule has 1 aliphatic heterocycles. The summed E-state index contributed by atoms with van der Waals surface area (Å²) in [5.41, 5.74) is 7.30. The number of nitriles is 1. The summed E-state index contributed by atoms with van der Waals surface area (Å²) < 4.78 is 41.3. The first-order valence-electron chi connectivity index (χ1n) is 10.4. The zero-order chi connectivity index (χ0) is 25.1. The van der Waals surface area contributed by atoms with Crippen LogP contribution in [0.1, 0.15) is 27.4 Å². The molecule has 0 saturated carbocycles. The molecule has 3 aromatic carbocycles. The minimum atomic E-state index is -0.860. The van der Waals surface area contributed by atoms with E-state index in [9.17, 15) is 14.4 Å². The van der Waals surface area contributed by atoms with Crippen molar-refractivity contribution in [1.29, 1.82) is 5.26 Å². The van der Waals surface area contributed by atoms with Gasteiger partial charge in [-0.2, -0.15) is 5.26 Å². The number of nitrogens with zero attached hydrogens (tertiary/aromatic N) is 1. The number of nitrogens with two attached hydrogens (primary N) is 1. The van der Waals surface area contributed by atoms with Gasteiger partial charge < -0.3 is 29.4 Å². The number of carbonyl (C=O) groups excluding carboxylic acids is 1. The number of benzene rings is 3. The monoisotopic (exact) mass is 476 g/mol. The minimum Gasteiger partial charge on any atom is -0.493 e. The summed E-state index contributed by atoms with van der Waals surface area (Å²) in [4.78, 5) is 12.4. The topological polar surface area (TPSA) is 113 Å². The second kappa shape index (κ2) is 9.65. The highest BCUT2D eigenvalue weighted by Crippen LogP contribution is 2.47. The zero-order valence-corrected chi connectivity index (χ0v) is 19.1. The van der Waals surface area contributed by atoms with Crippen LogP contribution in [0.3, 0.4) is 0 Å². The predicted molar refractivity (Wildman–Crippen MR) is 123 cm³/mol. The number of ether oxygens (including phenoxy) is 5. The molecule has 35 heavy (non-hydrogen) atoms. The van der Waals surface area contributed by atoms with Gasteiger partial charge >= 0.3 is 5.97 Å². The molecule has 178 valence electrons. The smallest absolute Gasteiger partial charge is 0.346 e. The molecule has 2 N–H and O–H groups in total. The van der Waals surface area contributed by atoms with Crippen molar-refractivity contribution in [2.45, 2.75) is 5.92 Å². The number of rotatable bonds is 6. The number of allylic oxidation sites excluding steroid dienone is 1. The molecule has 0 saturated heterocycles. The summed E-state index contributed by atoms with van der Waals surface area (Å²) in [6, 6.07) is 15.7. The normalized spacial score (nSPS) is 14.3. The number of fused-ring (bicyclic) bond motifs is 1. The summed E-state index contributed by atoms with van der Waals surface area (Å²) >= 11 is 0. The van der Waals surface area contributed by atoms with E-state index in [1.807, 2.05) is 0 Å². The van der Waals surface area contributed by atoms with Gasteiger partial charge in [-0.15, -0.1) is 0 Å². The van der Waals surface area contributed by atoms with E-state index in [4.69, 9.17) is 29.4 Å². The van der Waals surface area contributed by atoms with Crippen LogP contribution in [-0.2, 0) is 0 Å². The highest BCUT2D eigenvalue weighted by molar-refractivity contribution is 5.91. The molecule has 0 aromatic heterocycles. The summed E-state index contributed by atoms with van der Waals surface area (Å²) in [6.07, 6.45) is 0. The maximum atomic E-state index is 14.0. The van der Waals surface area contributed by atoms with Crippen molar-refractivity contribution in [3.63, 3.8) is 0 Å². The van der Waals surface area contributed by atoms with Gasteiger partial charge in [-0.25, -0.2) is 9.18 Å². The molecule has 0 fully saturated rings. The van der Waals surface area contributed by atoms with Crippen LogP contribution in [0.5, 0.6) is 28.7 Å². The van der Waals surface area contributed by atoms with Crippen LogP contribution in [0.4, 0.5) is 4.39 Å². The van der Waals surface area contributed by atoms with Crippen LogP contribution in [0, 0.1) is 17.1 Å². The molecule has 1 atom stereocenters. The van der Waals surface area contributed by atoms with Gasteiger partial charge in [0, 0.05) is 11.6 Å². The standard InChI is InChI=1S/C26H21FN2O6/c1-31-21-10-14(11-22(32-2)24(21)33-3)23-17-9-8-15(12-20(17)35-25(29)18(23)13-28)34-26(30)16-6-4-5-7-19(16)27/h4-12,23H,29H2,1-3H3. The number of carbonyl (C=O) groups is 1. The van der Waals surface area contributed by atoms with Gasteiger partial charge in [0.2, 0.25) is 11.6 Å². The third kappa shape index (κ3) is 4.29. The average molecular weight is 476 g/mol. The van der Waals surface area contributed by atoms with Crippen molar-refractivity contribution < 1.29 is 32.9 Å². The van der Waals surface area contributed by atoms with Crippen molar-refractivity contribution in [2.24, 2.45) is 5.73 Å². The van der Waals surface area contributed by atoms with Gasteiger partial charge in [-0.1, -0.05) is 18.2 Å². The Morgan fingerprint density at radius 3 is 2.31 bits per heavy atom. The van der Waals surface area contributed by atoms with E-state index in [0.29, 0.717) is 28.4 Å². The average Bonchev–Trinajstić information content (AvgIpc) is 2.86. The van der Waals surface area contributed by atoms with E-state index in [0.717, 1.165) is 0 Å². The Balaban J connectivity index is 1.77. The van der Waals surface area contributed by atoms with E-state index >= 15 is 0 Å². The lowest BCUT2D eigenvalue weighted by Crippen LogP contribution is -2.21. The highest BCUT2D eigenvalue weighted by atomic mass is 19.1. The third-order valence-electron chi connectivity index (χ3n) is 5.52. The quantitative estimate of drug-likeness (QED) is 0.414. The Kier molecular flexibility index (Phi) is 6.46. The van der Waals surface area contributed by atoms with Crippen molar-refractivity contribution >= 4 is 5.97 Å². The summed E-state index contributed by atoms with van der Waals surface area (Å²) in [7, 11) is 4.47. The van der Waals surface area contributed by atoms with Crippen molar-refractivity contribution in [3.05, 3.63) is 88.6 Å². The second-order valence-corrected chi connectivity index (χ2v) is 7.45. The van der Waals surface area contributed by atoms with Crippen LogP contribution in [0.15, 0.2) is 66.1 Å². The highest BCUT2D eigenvalue weighted by Gasteiger charge is 2.32. The Bertz CT molecular complexity index is 1350. The van der Waals surface area contributed by atoms with E-state index in [1.165, 1.54) is 57.7 Å². The van der Waals surface area contributed by atoms with Crippen LogP contribution in [0.2, 0.25) is 0 Å². The number of hydrogen-bond acceptors (Lipinski definition) is 8. The van der Waals surface area contributed by atoms with Gasteiger partial charge in [0.05, 0.1) is 32.8 Å². The van der Waals surface area contributed by atoms with E-state index in [1.54, 1.807) is 18.2 Å². The van der Waals surface area contributed by atoms with Gasteiger partial charge in [-0.05, 0) is 35.9 Å². The number of methoxy groups -OCH3 is 3. The molecule has 0 amide bonds. The molecule has 9 heteroatoms. The lowest BCUT2D eigenvalue weighted by atomic mass is 9.83. The molecule has 0 aliphatic carbocycles. The first kappa shape index (κ1) is 23.4. The molecule has 0 bridgehead atoms. The Morgan fingerprint density at radius 2 is 1.71 bits per heavy atom. The maximum Gasteiger partial charge on any atom is 0.346 e. The number of halogens is 1. The van der Waals surface area contributed by atoms with E-state index in [-0.39, 0.29) is 28.5 Å². The molecule has 0 radical (unpaired) electrons. The first-order valence-corrected chi connectivity index (χ1v) is 10.4. The van der Waals surface area contributed by atoms with Gasteiger partial charge in [0.1, 0.15) is 29.0 Å². The molecule has 1 unspecified atom stereocenters. The molecule has 4 rings (SSSR count). The van der Waals surface area contributed by atoms with Crippen LogP contribution < -0.4 is 29.4 Å². The van der Waals surface area contributed by atoms with E-state index < -0.39 is 17.7 Å². The summed E-state index contributed by atoms with van der Waals surface area (Å²) in [6.45, 7) is 0. The van der Waals surface area contributed by atoms with E-state index in [2.05, 4.69) is 6.07 Å². The van der Waals surface area contributed by atoms with Crippen LogP contribution in [-0.4, -0.2) is 27.3 Å². The fourth-order valence-corrected chi connectivity index (χ4v) is 3.90. The predicted octanol–water partition coefficient (Wildman–Crippen LogP) is 4.29. The number of esters is 1. The Labute approximate surface area is 200 Å². The molecule has 1 aliphatic rings. The maximum absolute atomic E-state index is 14.0. The van der Waals surface area contributed by atoms with Crippen LogP contribution in [0.25, 0.3) is 0 Å². The van der Waals surface area contributed by atoms with Crippen LogP contribution >= 0.6 is 0 Å². The van der Waals surface area contributed by atoms with Gasteiger partial charge in [0.25, 0.3) is 0 Å². The lowest BCUT2D eigenvalue weighted by Gasteiger charge is -2.27. The lowest BCUT2D eigenvalue weighted by molar-refractivity contribution is 0.0729. The summed E-state index contributed by atoms with van der Waals surface area (Å²) in [5, 5.41) is 9.84. The molecule has 0 spiro atoms.